The topological polar surface area (TPSA) is 23.5 Å². The number of benzene rings is 1. The SMILES string of the molecule is Cc1cc(CCO)cc(N(C)C)c1C. The van der Waals surface area contributed by atoms with Gasteiger partial charge >= 0.3 is 0 Å². The largest absolute Gasteiger partial charge is 0.396 e. The lowest BCUT2D eigenvalue weighted by Gasteiger charge is -2.18. The van der Waals surface area contributed by atoms with Crippen molar-refractivity contribution in [3.63, 3.8) is 0 Å². The van der Waals surface area contributed by atoms with Crippen molar-refractivity contribution in [3.05, 3.63) is 28.8 Å². The Kier molecular flexibility index (Phi) is 3.53. The van der Waals surface area contributed by atoms with Gasteiger partial charge in [0.05, 0.1) is 0 Å². The molecule has 0 aromatic heterocycles. The summed E-state index contributed by atoms with van der Waals surface area (Å²) in [5.41, 5.74) is 5.06. The van der Waals surface area contributed by atoms with Gasteiger partial charge in [0.2, 0.25) is 0 Å². The maximum absolute atomic E-state index is 8.90. The van der Waals surface area contributed by atoms with Crippen LogP contribution in [-0.2, 0) is 6.42 Å². The molecule has 2 heteroatoms. The summed E-state index contributed by atoms with van der Waals surface area (Å²) in [5, 5.41) is 8.90. The summed E-state index contributed by atoms with van der Waals surface area (Å²) in [4.78, 5) is 2.11. The van der Waals surface area contributed by atoms with E-state index in [1.165, 1.54) is 22.4 Å². The second kappa shape index (κ2) is 4.47. The molecule has 0 bridgehead atoms. The summed E-state index contributed by atoms with van der Waals surface area (Å²) in [7, 11) is 4.09. The zero-order chi connectivity index (χ0) is 10.7. The van der Waals surface area contributed by atoms with E-state index in [4.69, 9.17) is 5.11 Å². The molecule has 0 fully saturated rings. The van der Waals surface area contributed by atoms with Crippen LogP contribution < -0.4 is 4.90 Å². The van der Waals surface area contributed by atoms with Crippen molar-refractivity contribution in [2.75, 3.05) is 25.6 Å². The van der Waals surface area contributed by atoms with E-state index in [0.29, 0.717) is 0 Å². The minimum absolute atomic E-state index is 0.218. The Morgan fingerprint density at radius 1 is 1.21 bits per heavy atom. The Labute approximate surface area is 86.2 Å². The zero-order valence-corrected chi connectivity index (χ0v) is 9.46. The van der Waals surface area contributed by atoms with Gasteiger partial charge in [-0.05, 0) is 43.0 Å². The standard InChI is InChI=1S/C12H19NO/c1-9-7-11(5-6-14)8-12(10(9)2)13(3)4/h7-8,14H,5-6H2,1-4H3. The summed E-state index contributed by atoms with van der Waals surface area (Å²) in [6.07, 6.45) is 0.738. The van der Waals surface area contributed by atoms with Crippen molar-refractivity contribution < 1.29 is 5.11 Å². The molecule has 1 N–H and O–H groups in total. The molecule has 0 aliphatic heterocycles. The van der Waals surface area contributed by atoms with Crippen molar-refractivity contribution in [1.29, 1.82) is 0 Å². The van der Waals surface area contributed by atoms with Crippen LogP contribution in [-0.4, -0.2) is 25.8 Å². The average molecular weight is 193 g/mol. The van der Waals surface area contributed by atoms with Crippen molar-refractivity contribution in [2.45, 2.75) is 20.3 Å². The van der Waals surface area contributed by atoms with Gasteiger partial charge in [-0.1, -0.05) is 6.07 Å². The molecule has 1 rings (SSSR count). The van der Waals surface area contributed by atoms with Crippen molar-refractivity contribution in [1.82, 2.24) is 0 Å². The number of hydrogen-bond acceptors (Lipinski definition) is 2. The molecule has 78 valence electrons. The van der Waals surface area contributed by atoms with E-state index in [0.717, 1.165) is 6.42 Å². The molecule has 0 saturated carbocycles. The Morgan fingerprint density at radius 3 is 2.36 bits per heavy atom. The van der Waals surface area contributed by atoms with Crippen molar-refractivity contribution in [3.8, 4) is 0 Å². The molecular weight excluding hydrogens is 174 g/mol. The van der Waals surface area contributed by atoms with Gasteiger partial charge in [0, 0.05) is 26.4 Å². The number of aliphatic hydroxyl groups is 1. The molecule has 0 atom stereocenters. The lowest BCUT2D eigenvalue weighted by Crippen LogP contribution is -2.11. The zero-order valence-electron chi connectivity index (χ0n) is 9.46. The first-order chi connectivity index (χ1) is 6.56. The molecule has 0 spiro atoms. The number of anilines is 1. The third-order valence-electron chi connectivity index (χ3n) is 2.58. The van der Waals surface area contributed by atoms with Gasteiger partial charge in [-0.3, -0.25) is 0 Å². The minimum atomic E-state index is 0.218. The molecule has 0 saturated heterocycles. The predicted octanol–water partition coefficient (Wildman–Crippen LogP) is 1.90. The van der Waals surface area contributed by atoms with Crippen LogP contribution in [0.25, 0.3) is 0 Å². The molecule has 0 radical (unpaired) electrons. The molecule has 0 amide bonds. The van der Waals surface area contributed by atoms with Crippen LogP contribution in [0.2, 0.25) is 0 Å². The number of nitrogens with zero attached hydrogens (tertiary/aromatic N) is 1. The maximum Gasteiger partial charge on any atom is 0.0471 e. The Balaban J connectivity index is 3.14. The van der Waals surface area contributed by atoms with Gasteiger partial charge in [-0.15, -0.1) is 0 Å². The average Bonchev–Trinajstić information content (AvgIpc) is 2.11. The molecule has 2 nitrogen and oxygen atoms in total. The molecule has 1 aromatic carbocycles. The number of hydrogen-bond donors (Lipinski definition) is 1. The van der Waals surface area contributed by atoms with Crippen LogP contribution in [0.3, 0.4) is 0 Å². The predicted molar refractivity (Wildman–Crippen MR) is 61.0 cm³/mol. The van der Waals surface area contributed by atoms with Gasteiger partial charge in [-0.2, -0.15) is 0 Å². The summed E-state index contributed by atoms with van der Waals surface area (Å²) in [6, 6.07) is 4.30. The van der Waals surface area contributed by atoms with Crippen LogP contribution in [0.1, 0.15) is 16.7 Å². The highest BCUT2D eigenvalue weighted by molar-refractivity contribution is 5.57. The number of aliphatic hydroxyl groups excluding tert-OH is 1. The Bertz CT molecular complexity index is 318. The third-order valence-corrected chi connectivity index (χ3v) is 2.58. The van der Waals surface area contributed by atoms with E-state index in [9.17, 15) is 0 Å². The second-order valence-corrected chi connectivity index (χ2v) is 3.92. The first-order valence-corrected chi connectivity index (χ1v) is 4.94. The van der Waals surface area contributed by atoms with E-state index in [2.05, 4.69) is 30.9 Å². The molecule has 0 unspecified atom stereocenters. The van der Waals surface area contributed by atoms with Gasteiger partial charge < -0.3 is 10.0 Å². The minimum Gasteiger partial charge on any atom is -0.396 e. The van der Waals surface area contributed by atoms with Gasteiger partial charge in [-0.25, -0.2) is 0 Å². The fraction of sp³-hybridized carbons (Fsp3) is 0.500. The second-order valence-electron chi connectivity index (χ2n) is 3.92. The summed E-state index contributed by atoms with van der Waals surface area (Å²) >= 11 is 0. The Hall–Kier alpha value is -1.02. The van der Waals surface area contributed by atoms with Gasteiger partial charge in [0.15, 0.2) is 0 Å². The highest BCUT2D eigenvalue weighted by atomic mass is 16.2. The van der Waals surface area contributed by atoms with Crippen LogP contribution in [0.15, 0.2) is 12.1 Å². The maximum atomic E-state index is 8.90. The fourth-order valence-electron chi connectivity index (χ4n) is 1.65. The molecule has 0 aliphatic rings. The lowest BCUT2D eigenvalue weighted by atomic mass is 10.0. The third kappa shape index (κ3) is 2.26. The van der Waals surface area contributed by atoms with E-state index < -0.39 is 0 Å². The van der Waals surface area contributed by atoms with E-state index in [-0.39, 0.29) is 6.61 Å². The highest BCUT2D eigenvalue weighted by Crippen LogP contribution is 2.23. The Morgan fingerprint density at radius 2 is 1.86 bits per heavy atom. The van der Waals surface area contributed by atoms with Gasteiger partial charge in [0.25, 0.3) is 0 Å². The quantitative estimate of drug-likeness (QED) is 0.792. The monoisotopic (exact) mass is 193 g/mol. The molecule has 0 aliphatic carbocycles. The van der Waals surface area contributed by atoms with Crippen molar-refractivity contribution in [2.24, 2.45) is 0 Å². The number of aryl methyl sites for hydroxylation is 1. The molecular formula is C12H19NO. The summed E-state index contributed by atoms with van der Waals surface area (Å²) in [5.74, 6) is 0. The van der Waals surface area contributed by atoms with E-state index in [1.54, 1.807) is 0 Å². The van der Waals surface area contributed by atoms with Crippen molar-refractivity contribution >= 4 is 5.69 Å². The first kappa shape index (κ1) is 11.1. The fourth-order valence-corrected chi connectivity index (χ4v) is 1.65. The summed E-state index contributed by atoms with van der Waals surface area (Å²) < 4.78 is 0. The van der Waals surface area contributed by atoms with Crippen LogP contribution in [0, 0.1) is 13.8 Å². The molecule has 1 aromatic rings. The van der Waals surface area contributed by atoms with E-state index in [1.807, 2.05) is 14.1 Å². The first-order valence-electron chi connectivity index (χ1n) is 4.94. The highest BCUT2D eigenvalue weighted by Gasteiger charge is 2.05. The summed E-state index contributed by atoms with van der Waals surface area (Å²) in [6.45, 7) is 4.46. The normalized spacial score (nSPS) is 10.4. The van der Waals surface area contributed by atoms with E-state index >= 15 is 0 Å². The van der Waals surface area contributed by atoms with Gasteiger partial charge in [0.1, 0.15) is 0 Å². The molecule has 0 heterocycles. The molecule has 14 heavy (non-hydrogen) atoms. The number of rotatable bonds is 3. The van der Waals surface area contributed by atoms with Crippen LogP contribution >= 0.6 is 0 Å². The smallest absolute Gasteiger partial charge is 0.0471 e. The van der Waals surface area contributed by atoms with Crippen LogP contribution in [0.4, 0.5) is 5.69 Å². The lowest BCUT2D eigenvalue weighted by molar-refractivity contribution is 0.299. The van der Waals surface area contributed by atoms with Crippen LogP contribution in [0.5, 0.6) is 0 Å².